The zero-order valence-corrected chi connectivity index (χ0v) is 19.0. The summed E-state index contributed by atoms with van der Waals surface area (Å²) < 4.78 is 40.8. The zero-order valence-electron chi connectivity index (χ0n) is 19.0. The monoisotopic (exact) mass is 496 g/mol. The highest BCUT2D eigenvalue weighted by molar-refractivity contribution is 6.04. The second-order valence-electron chi connectivity index (χ2n) is 8.64. The van der Waals surface area contributed by atoms with E-state index in [1.54, 1.807) is 35.5 Å². The van der Waals surface area contributed by atoms with Crippen LogP contribution in [0.2, 0.25) is 0 Å². The Labute approximate surface area is 203 Å². The van der Waals surface area contributed by atoms with Crippen molar-refractivity contribution in [1.82, 2.24) is 24.4 Å². The third-order valence-electron chi connectivity index (χ3n) is 6.18. The number of hydrogen-bond donors (Lipinski definition) is 3. The Kier molecular flexibility index (Phi) is 6.06. The van der Waals surface area contributed by atoms with Crippen molar-refractivity contribution in [3.05, 3.63) is 71.9 Å². The molecule has 0 aliphatic carbocycles. The molecule has 9 nitrogen and oxygen atoms in total. The Morgan fingerprint density at radius 2 is 1.89 bits per heavy atom. The van der Waals surface area contributed by atoms with Gasteiger partial charge in [0.05, 0.1) is 5.56 Å². The van der Waals surface area contributed by atoms with Crippen LogP contribution in [0.15, 0.2) is 55.0 Å². The number of piperidine rings is 1. The Morgan fingerprint density at radius 3 is 2.61 bits per heavy atom. The molecule has 4 aromatic rings. The number of hydrazine groups is 1. The number of carbonyl (C=O) groups is 1. The molecule has 5 N–H and O–H groups in total. The summed E-state index contributed by atoms with van der Waals surface area (Å²) in [6, 6.07) is 8.18. The molecule has 1 saturated heterocycles. The molecule has 0 spiro atoms. The molecule has 0 bridgehead atoms. The van der Waals surface area contributed by atoms with Crippen LogP contribution < -0.4 is 16.9 Å². The molecule has 1 amide bonds. The molecule has 1 aromatic carbocycles. The first kappa shape index (κ1) is 23.7. The largest absolute Gasteiger partial charge is 0.416 e. The summed E-state index contributed by atoms with van der Waals surface area (Å²) in [5, 5.41) is 4.19. The normalized spacial score (nSPS) is 16.8. The quantitative estimate of drug-likeness (QED) is 0.368. The first-order chi connectivity index (χ1) is 17.2. The van der Waals surface area contributed by atoms with E-state index in [1.807, 2.05) is 10.6 Å². The van der Waals surface area contributed by atoms with Gasteiger partial charge in [0.15, 0.2) is 0 Å². The first-order valence-corrected chi connectivity index (χ1v) is 11.3. The standard InChI is InChI=1S/C24H23F3N8O/c25-24(26,27)17-7-8-30-18(12-17)32-23(36)15-5-3-14(4-6-15)19-20-21(28)31-9-11-35(20)22(33-19)16-2-1-10-34(29)13-16/h3-9,11-12,16H,1-2,10,13,29H2,(H2,28,31)(H,30,32,36)/t16-/m1/s1. The van der Waals surface area contributed by atoms with Crippen LogP contribution in [0, 0.1) is 0 Å². The average molecular weight is 496 g/mol. The van der Waals surface area contributed by atoms with Crippen molar-refractivity contribution < 1.29 is 18.0 Å². The summed E-state index contributed by atoms with van der Waals surface area (Å²) in [6.45, 7) is 1.50. The second kappa shape index (κ2) is 9.21. The number of aromatic nitrogens is 4. The van der Waals surface area contributed by atoms with Crippen LogP contribution >= 0.6 is 0 Å². The molecule has 12 heteroatoms. The number of carbonyl (C=O) groups excluding carboxylic acids is 1. The molecule has 0 radical (unpaired) electrons. The van der Waals surface area contributed by atoms with E-state index in [2.05, 4.69) is 15.3 Å². The van der Waals surface area contributed by atoms with Crippen molar-refractivity contribution in [1.29, 1.82) is 0 Å². The number of nitrogens with zero attached hydrogens (tertiary/aromatic N) is 5. The van der Waals surface area contributed by atoms with E-state index in [1.165, 1.54) is 0 Å². The van der Waals surface area contributed by atoms with Crippen molar-refractivity contribution in [2.75, 3.05) is 24.1 Å². The molecule has 1 fully saturated rings. The number of halogens is 3. The maximum atomic E-state index is 12.9. The van der Waals surface area contributed by atoms with Crippen LogP contribution in [-0.4, -0.2) is 43.4 Å². The number of pyridine rings is 1. The number of fused-ring (bicyclic) bond motifs is 1. The SMILES string of the molecule is Nc1nccn2c([C@@H]3CCCN(N)C3)nc(-c3ccc(C(=O)Nc4cc(C(F)(F)F)ccn4)cc3)c12. The van der Waals surface area contributed by atoms with Crippen molar-refractivity contribution >= 4 is 23.1 Å². The van der Waals surface area contributed by atoms with E-state index in [9.17, 15) is 18.0 Å². The van der Waals surface area contributed by atoms with Crippen molar-refractivity contribution in [2.24, 2.45) is 5.84 Å². The van der Waals surface area contributed by atoms with Crippen LogP contribution in [0.3, 0.4) is 0 Å². The van der Waals surface area contributed by atoms with Gasteiger partial charge in [-0.3, -0.25) is 15.0 Å². The van der Waals surface area contributed by atoms with Gasteiger partial charge in [-0.2, -0.15) is 13.2 Å². The smallest absolute Gasteiger partial charge is 0.382 e. The molecule has 1 aliphatic heterocycles. The predicted molar refractivity (Wildman–Crippen MR) is 128 cm³/mol. The molecular weight excluding hydrogens is 473 g/mol. The second-order valence-corrected chi connectivity index (χ2v) is 8.64. The number of benzene rings is 1. The number of nitrogens with two attached hydrogens (primary N) is 2. The first-order valence-electron chi connectivity index (χ1n) is 11.3. The minimum absolute atomic E-state index is 0.122. The third-order valence-corrected chi connectivity index (χ3v) is 6.18. The molecule has 4 heterocycles. The Hall–Kier alpha value is -4.03. The van der Waals surface area contributed by atoms with Crippen molar-refractivity contribution in [3.63, 3.8) is 0 Å². The zero-order chi connectivity index (χ0) is 25.4. The number of anilines is 2. The number of nitrogens with one attached hydrogen (secondary N) is 1. The van der Waals surface area contributed by atoms with E-state index >= 15 is 0 Å². The van der Waals surface area contributed by atoms with Gasteiger partial charge in [-0.05, 0) is 37.1 Å². The van der Waals surface area contributed by atoms with Gasteiger partial charge in [-0.15, -0.1) is 0 Å². The van der Waals surface area contributed by atoms with E-state index in [0.29, 0.717) is 29.1 Å². The topological polar surface area (TPSA) is 127 Å². The van der Waals surface area contributed by atoms with Crippen LogP contribution in [0.25, 0.3) is 16.8 Å². The molecule has 1 aliphatic rings. The summed E-state index contributed by atoms with van der Waals surface area (Å²) in [4.78, 5) is 25.5. The van der Waals surface area contributed by atoms with Crippen LogP contribution in [0.4, 0.5) is 24.8 Å². The summed E-state index contributed by atoms with van der Waals surface area (Å²) in [7, 11) is 0. The fourth-order valence-electron chi connectivity index (χ4n) is 4.44. The number of hydrogen-bond acceptors (Lipinski definition) is 7. The molecular formula is C24H23F3N8O. The lowest BCUT2D eigenvalue weighted by Gasteiger charge is -2.28. The maximum absolute atomic E-state index is 12.9. The summed E-state index contributed by atoms with van der Waals surface area (Å²) in [6.07, 6.45) is 1.80. The summed E-state index contributed by atoms with van der Waals surface area (Å²) in [5.74, 6) is 6.55. The van der Waals surface area contributed by atoms with Gasteiger partial charge in [0.1, 0.15) is 28.7 Å². The van der Waals surface area contributed by atoms with E-state index in [4.69, 9.17) is 16.6 Å². The molecule has 5 rings (SSSR count). The highest BCUT2D eigenvalue weighted by Gasteiger charge is 2.31. The minimum atomic E-state index is -4.53. The number of rotatable bonds is 4. The van der Waals surface area contributed by atoms with E-state index < -0.39 is 17.6 Å². The Balaban J connectivity index is 1.43. The van der Waals surface area contributed by atoms with Gasteiger partial charge in [0.25, 0.3) is 5.91 Å². The van der Waals surface area contributed by atoms with Gasteiger partial charge < -0.3 is 11.1 Å². The van der Waals surface area contributed by atoms with Gasteiger partial charge in [0, 0.05) is 48.7 Å². The van der Waals surface area contributed by atoms with Gasteiger partial charge in [-0.1, -0.05) is 12.1 Å². The van der Waals surface area contributed by atoms with Crippen LogP contribution in [0.1, 0.15) is 40.5 Å². The summed E-state index contributed by atoms with van der Waals surface area (Å²) >= 11 is 0. The molecule has 36 heavy (non-hydrogen) atoms. The van der Waals surface area contributed by atoms with Crippen LogP contribution in [-0.2, 0) is 6.18 Å². The molecule has 0 unspecified atom stereocenters. The van der Waals surface area contributed by atoms with Crippen molar-refractivity contribution in [2.45, 2.75) is 24.9 Å². The lowest BCUT2D eigenvalue weighted by Crippen LogP contribution is -2.39. The Morgan fingerprint density at radius 1 is 1.11 bits per heavy atom. The fraction of sp³-hybridized carbons (Fsp3) is 0.250. The van der Waals surface area contributed by atoms with Crippen molar-refractivity contribution in [3.8, 4) is 11.3 Å². The number of imidazole rings is 1. The van der Waals surface area contributed by atoms with E-state index in [-0.39, 0.29) is 17.3 Å². The van der Waals surface area contributed by atoms with Gasteiger partial charge in [-0.25, -0.2) is 20.0 Å². The van der Waals surface area contributed by atoms with Gasteiger partial charge >= 0.3 is 6.18 Å². The number of amides is 1. The third kappa shape index (κ3) is 4.60. The molecule has 186 valence electrons. The fourth-order valence-corrected chi connectivity index (χ4v) is 4.44. The Bertz CT molecular complexity index is 1420. The van der Waals surface area contributed by atoms with Crippen LogP contribution in [0.5, 0.6) is 0 Å². The van der Waals surface area contributed by atoms with Gasteiger partial charge in [0.2, 0.25) is 0 Å². The average Bonchev–Trinajstić information content (AvgIpc) is 3.25. The highest BCUT2D eigenvalue weighted by atomic mass is 19.4. The highest BCUT2D eigenvalue weighted by Crippen LogP contribution is 2.34. The van der Waals surface area contributed by atoms with E-state index in [0.717, 1.165) is 43.5 Å². The lowest BCUT2D eigenvalue weighted by molar-refractivity contribution is -0.137. The molecule has 3 aromatic heterocycles. The molecule has 0 saturated carbocycles. The minimum Gasteiger partial charge on any atom is -0.382 e. The number of alkyl halides is 3. The number of nitrogen functional groups attached to an aromatic ring is 1. The predicted octanol–water partition coefficient (Wildman–Crippen LogP) is 3.70. The lowest BCUT2D eigenvalue weighted by atomic mass is 9.98. The maximum Gasteiger partial charge on any atom is 0.416 e. The summed E-state index contributed by atoms with van der Waals surface area (Å²) in [5.41, 5.74) is 7.56. The molecule has 1 atom stereocenters.